The highest BCUT2D eigenvalue weighted by molar-refractivity contribution is 7.92. The number of para-hydroxylation sites is 2. The Bertz CT molecular complexity index is 1990. The van der Waals surface area contributed by atoms with Crippen LogP contribution >= 0.6 is 0 Å². The van der Waals surface area contributed by atoms with Crippen molar-refractivity contribution in [3.8, 4) is 22.6 Å². The first-order valence-corrected chi connectivity index (χ1v) is 14.8. The van der Waals surface area contributed by atoms with Crippen molar-refractivity contribution in [1.82, 2.24) is 10.3 Å². The van der Waals surface area contributed by atoms with Crippen molar-refractivity contribution < 1.29 is 26.4 Å². The number of amides is 1. The maximum absolute atomic E-state index is 13.7. The number of carbonyl (C=O) groups excluding carboxylic acids is 1. The lowest BCUT2D eigenvalue weighted by Crippen LogP contribution is -2.25. The van der Waals surface area contributed by atoms with Crippen molar-refractivity contribution >= 4 is 49.3 Å². The number of allylic oxidation sites excluding steroid dienone is 4. The van der Waals surface area contributed by atoms with Gasteiger partial charge in [0.15, 0.2) is 5.58 Å². The Hall–Kier alpha value is -4.70. The van der Waals surface area contributed by atoms with Crippen molar-refractivity contribution in [2.24, 2.45) is 0 Å². The van der Waals surface area contributed by atoms with Gasteiger partial charge in [0.2, 0.25) is 15.9 Å². The number of benzene rings is 3. The van der Waals surface area contributed by atoms with Crippen LogP contribution in [-0.4, -0.2) is 39.7 Å². The lowest BCUT2D eigenvalue weighted by atomic mass is 9.95. The molecule has 6 rings (SSSR count). The number of anilines is 1. The number of halogens is 1. The molecule has 10 heteroatoms. The summed E-state index contributed by atoms with van der Waals surface area (Å²) in [7, 11) is -0.677. The number of hydrogen-bond acceptors (Lipinski definition) is 6. The van der Waals surface area contributed by atoms with E-state index in [1.54, 1.807) is 18.2 Å². The predicted octanol–water partition coefficient (Wildman–Crippen LogP) is 6.69. The van der Waals surface area contributed by atoms with Gasteiger partial charge in [-0.2, -0.15) is 0 Å². The lowest BCUT2D eigenvalue weighted by Gasteiger charge is -2.21. The summed E-state index contributed by atoms with van der Waals surface area (Å²) in [5.74, 6) is 0.136. The maximum atomic E-state index is 13.7. The molecule has 1 aliphatic carbocycles. The highest BCUT2D eigenvalue weighted by Crippen LogP contribution is 2.42. The van der Waals surface area contributed by atoms with Crippen LogP contribution in [0, 0.1) is 0 Å². The van der Waals surface area contributed by atoms with Crippen LogP contribution in [0.5, 0.6) is 0 Å². The van der Waals surface area contributed by atoms with Gasteiger partial charge in [-0.05, 0) is 54.0 Å². The summed E-state index contributed by atoms with van der Waals surface area (Å²) in [6.07, 6.45) is 4.66. The Labute approximate surface area is 235 Å². The van der Waals surface area contributed by atoms with Crippen LogP contribution in [-0.2, 0) is 10.0 Å². The zero-order valence-corrected chi connectivity index (χ0v) is 23.4. The number of furan rings is 1. The van der Waals surface area contributed by atoms with Crippen LogP contribution in [0.2, 0.25) is 0 Å². The third-order valence-electron chi connectivity index (χ3n) is 7.20. The predicted molar refractivity (Wildman–Crippen MR) is 158 cm³/mol. The minimum absolute atomic E-state index is 0.200. The van der Waals surface area contributed by atoms with Gasteiger partial charge >= 0.3 is 0 Å². The van der Waals surface area contributed by atoms with Gasteiger partial charge in [-0.25, -0.2) is 17.8 Å². The van der Waals surface area contributed by atoms with Gasteiger partial charge in [-0.1, -0.05) is 30.3 Å². The Morgan fingerprint density at radius 3 is 2.46 bits per heavy atom. The van der Waals surface area contributed by atoms with Gasteiger partial charge in [-0.15, -0.1) is 0 Å². The topological polar surface area (TPSA) is 106 Å². The first-order valence-electron chi connectivity index (χ1n) is 12.9. The van der Waals surface area contributed by atoms with E-state index in [0.29, 0.717) is 68.1 Å². The molecule has 0 spiro atoms. The molecule has 0 radical (unpaired) electrons. The summed E-state index contributed by atoms with van der Waals surface area (Å²) < 4.78 is 52.5. The normalized spacial score (nSPS) is 13.8. The quantitative estimate of drug-likeness (QED) is 0.243. The molecule has 0 bridgehead atoms. The van der Waals surface area contributed by atoms with Gasteiger partial charge in [0, 0.05) is 43.1 Å². The third-order valence-corrected chi connectivity index (χ3v) is 8.39. The van der Waals surface area contributed by atoms with E-state index < -0.39 is 10.0 Å². The summed E-state index contributed by atoms with van der Waals surface area (Å²) >= 11 is 0. The number of nitrogens with one attached hydrogen (secondary N) is 1. The molecular formula is C31H26FN3O5S. The molecule has 0 fully saturated rings. The molecule has 1 amide bonds. The number of fused-ring (bicyclic) bond motifs is 2. The third kappa shape index (κ3) is 4.80. The van der Waals surface area contributed by atoms with Crippen molar-refractivity contribution in [1.29, 1.82) is 0 Å². The van der Waals surface area contributed by atoms with Crippen molar-refractivity contribution in [2.75, 3.05) is 24.7 Å². The van der Waals surface area contributed by atoms with Gasteiger partial charge in [0.25, 0.3) is 5.91 Å². The maximum Gasteiger partial charge on any atom is 0.255 e. The van der Waals surface area contributed by atoms with E-state index in [2.05, 4.69) is 10.3 Å². The smallest absolute Gasteiger partial charge is 0.255 e. The fraction of sp³-hybridized carbons (Fsp3) is 0.161. The number of aromatic nitrogens is 1. The number of rotatable bonds is 6. The van der Waals surface area contributed by atoms with Crippen molar-refractivity contribution in [2.45, 2.75) is 12.8 Å². The molecule has 2 heterocycles. The number of carbonyl (C=O) groups is 1. The summed E-state index contributed by atoms with van der Waals surface area (Å²) in [4.78, 5) is 17.7. The average Bonchev–Trinajstić information content (AvgIpc) is 3.57. The van der Waals surface area contributed by atoms with Crippen LogP contribution in [0.4, 0.5) is 10.1 Å². The minimum Gasteiger partial charge on any atom is -0.455 e. The van der Waals surface area contributed by atoms with Crippen molar-refractivity contribution in [3.05, 3.63) is 90.0 Å². The van der Waals surface area contributed by atoms with E-state index in [-0.39, 0.29) is 18.2 Å². The Balaban J connectivity index is 1.59. The van der Waals surface area contributed by atoms with Crippen LogP contribution in [0.25, 0.3) is 50.2 Å². The Morgan fingerprint density at radius 1 is 0.976 bits per heavy atom. The van der Waals surface area contributed by atoms with E-state index in [1.807, 2.05) is 48.5 Å². The zero-order chi connectivity index (χ0) is 28.9. The molecule has 1 aliphatic rings. The molecule has 3 aromatic carbocycles. The van der Waals surface area contributed by atoms with Crippen LogP contribution in [0.3, 0.4) is 0 Å². The van der Waals surface area contributed by atoms with E-state index in [1.165, 1.54) is 24.5 Å². The van der Waals surface area contributed by atoms with Gasteiger partial charge < -0.3 is 14.2 Å². The summed E-state index contributed by atoms with van der Waals surface area (Å²) in [5, 5.41) is 3.17. The SMILES string of the molecule is CNC(=O)c1c(C2=CC=C(F)CC2)oc2cc(N(C)S(C)(=O)=O)c(-c3cccc(-c4nc5ccccc5o4)c3)cc12. The summed E-state index contributed by atoms with van der Waals surface area (Å²) in [6, 6.07) is 18.2. The molecule has 5 aromatic rings. The fourth-order valence-corrected chi connectivity index (χ4v) is 5.50. The first-order chi connectivity index (χ1) is 19.6. The molecule has 0 unspecified atom stereocenters. The molecular weight excluding hydrogens is 545 g/mol. The highest BCUT2D eigenvalue weighted by atomic mass is 32.2. The number of sulfonamides is 1. The monoisotopic (exact) mass is 571 g/mol. The molecule has 0 aliphatic heterocycles. The molecule has 0 atom stereocenters. The van der Waals surface area contributed by atoms with Gasteiger partial charge in [0.05, 0.1) is 17.5 Å². The summed E-state index contributed by atoms with van der Waals surface area (Å²) in [5.41, 5.74) is 5.00. The molecule has 1 N–H and O–H groups in total. The average molecular weight is 572 g/mol. The van der Waals surface area contributed by atoms with E-state index >= 15 is 0 Å². The Kier molecular flexibility index (Phi) is 6.50. The molecule has 2 aromatic heterocycles. The molecule has 0 saturated heterocycles. The second-order valence-electron chi connectivity index (χ2n) is 9.85. The Morgan fingerprint density at radius 2 is 1.76 bits per heavy atom. The zero-order valence-electron chi connectivity index (χ0n) is 22.6. The second kappa shape index (κ2) is 10.0. The molecule has 8 nitrogen and oxygen atoms in total. The molecule has 0 saturated carbocycles. The highest BCUT2D eigenvalue weighted by Gasteiger charge is 2.27. The van der Waals surface area contributed by atoms with E-state index in [4.69, 9.17) is 8.83 Å². The first kappa shape index (κ1) is 26.5. The number of oxazole rings is 1. The van der Waals surface area contributed by atoms with Gasteiger partial charge in [-0.3, -0.25) is 9.10 Å². The van der Waals surface area contributed by atoms with Crippen LogP contribution in [0.15, 0.2) is 87.5 Å². The fourth-order valence-electron chi connectivity index (χ4n) is 5.00. The van der Waals surface area contributed by atoms with Gasteiger partial charge in [0.1, 0.15) is 22.7 Å². The largest absolute Gasteiger partial charge is 0.455 e. The summed E-state index contributed by atoms with van der Waals surface area (Å²) in [6.45, 7) is 0. The van der Waals surface area contributed by atoms with Crippen LogP contribution in [0.1, 0.15) is 29.0 Å². The van der Waals surface area contributed by atoms with Crippen molar-refractivity contribution in [3.63, 3.8) is 0 Å². The number of hydrogen-bond donors (Lipinski definition) is 1. The number of nitrogens with zero attached hydrogens (tertiary/aromatic N) is 2. The molecule has 208 valence electrons. The second-order valence-corrected chi connectivity index (χ2v) is 11.9. The van der Waals surface area contributed by atoms with E-state index in [9.17, 15) is 17.6 Å². The lowest BCUT2D eigenvalue weighted by molar-refractivity contribution is 0.0963. The van der Waals surface area contributed by atoms with Crippen LogP contribution < -0.4 is 9.62 Å². The minimum atomic E-state index is -3.66. The molecule has 41 heavy (non-hydrogen) atoms. The standard InChI is InChI=1S/C31H26FN3O5S/c1-33-30(36)28-23-16-22(19-7-6-8-20(15-19)31-34-24-9-4-5-10-26(24)40-31)25(35(2)41(3,37)38)17-27(23)39-29(28)18-11-13-21(32)14-12-18/h4-11,13,15-17H,12,14H2,1-3H3,(H,33,36). The van der Waals surface area contributed by atoms with E-state index in [0.717, 1.165) is 11.8 Å².